The number of likely N-dealkylation sites (N-methyl/N-ethyl adjacent to an activating group) is 1. The molecule has 0 spiro atoms. The van der Waals surface area contributed by atoms with Crippen molar-refractivity contribution < 1.29 is 9.53 Å². The zero-order valence-electron chi connectivity index (χ0n) is 19.1. The summed E-state index contributed by atoms with van der Waals surface area (Å²) < 4.78 is 7.00. The van der Waals surface area contributed by atoms with Crippen molar-refractivity contribution in [3.63, 3.8) is 0 Å². The van der Waals surface area contributed by atoms with Crippen LogP contribution in [0.25, 0.3) is 16.9 Å². The standard InChI is InChI=1S/C25H28N6O2/c1-30(2)14-13-26-25(32)20-6-4-5-19(15-20)22-17-28-24-12-11-23(29-31(22)24)27-16-18-7-9-21(33-3)10-8-18/h4-12,15,17H,13-14,16H2,1-3H3,(H,26,32)(H,27,29). The van der Waals surface area contributed by atoms with E-state index in [2.05, 4.69) is 15.6 Å². The summed E-state index contributed by atoms with van der Waals surface area (Å²) in [4.78, 5) is 19.0. The maximum atomic E-state index is 12.5. The lowest BCUT2D eigenvalue weighted by atomic mass is 10.1. The topological polar surface area (TPSA) is 83.8 Å². The van der Waals surface area contributed by atoms with Gasteiger partial charge in [-0.2, -0.15) is 0 Å². The first kappa shape index (κ1) is 22.3. The Kier molecular flexibility index (Phi) is 6.85. The van der Waals surface area contributed by atoms with Crippen LogP contribution in [0.3, 0.4) is 0 Å². The average molecular weight is 445 g/mol. The molecular weight excluding hydrogens is 416 g/mol. The molecule has 0 fully saturated rings. The number of carbonyl (C=O) groups excluding carboxylic acids is 1. The summed E-state index contributed by atoms with van der Waals surface area (Å²) in [6.45, 7) is 2.01. The van der Waals surface area contributed by atoms with Crippen LogP contribution in [0, 0.1) is 0 Å². The Labute approximate surface area is 193 Å². The monoisotopic (exact) mass is 444 g/mol. The van der Waals surface area contributed by atoms with Crippen molar-refractivity contribution >= 4 is 17.4 Å². The number of imidazole rings is 1. The largest absolute Gasteiger partial charge is 0.497 e. The number of anilines is 1. The van der Waals surface area contributed by atoms with E-state index in [0.29, 0.717) is 18.7 Å². The van der Waals surface area contributed by atoms with Gasteiger partial charge in [-0.25, -0.2) is 9.50 Å². The second-order valence-corrected chi connectivity index (χ2v) is 7.97. The predicted octanol–water partition coefficient (Wildman–Crippen LogP) is 3.31. The second-order valence-electron chi connectivity index (χ2n) is 7.97. The first-order valence-electron chi connectivity index (χ1n) is 10.8. The summed E-state index contributed by atoms with van der Waals surface area (Å²) >= 11 is 0. The molecule has 2 heterocycles. The number of aromatic nitrogens is 3. The fourth-order valence-corrected chi connectivity index (χ4v) is 3.42. The van der Waals surface area contributed by atoms with Crippen LogP contribution in [0.1, 0.15) is 15.9 Å². The Balaban J connectivity index is 1.51. The van der Waals surface area contributed by atoms with Crippen LogP contribution in [0.5, 0.6) is 5.75 Å². The highest BCUT2D eigenvalue weighted by atomic mass is 16.5. The molecule has 8 nitrogen and oxygen atoms in total. The van der Waals surface area contributed by atoms with E-state index >= 15 is 0 Å². The first-order valence-corrected chi connectivity index (χ1v) is 10.8. The van der Waals surface area contributed by atoms with Gasteiger partial charge in [-0.3, -0.25) is 4.79 Å². The minimum absolute atomic E-state index is 0.0951. The number of carbonyl (C=O) groups is 1. The van der Waals surface area contributed by atoms with E-state index in [1.54, 1.807) is 17.8 Å². The van der Waals surface area contributed by atoms with Crippen LogP contribution in [-0.4, -0.2) is 59.7 Å². The number of amides is 1. The van der Waals surface area contributed by atoms with Crippen LogP contribution >= 0.6 is 0 Å². The van der Waals surface area contributed by atoms with Crippen LogP contribution in [0.2, 0.25) is 0 Å². The van der Waals surface area contributed by atoms with E-state index in [1.165, 1.54) is 0 Å². The molecule has 1 amide bonds. The Morgan fingerprint density at radius 2 is 1.91 bits per heavy atom. The third kappa shape index (κ3) is 5.48. The zero-order chi connectivity index (χ0) is 23.2. The van der Waals surface area contributed by atoms with Gasteiger partial charge in [0.15, 0.2) is 5.65 Å². The van der Waals surface area contributed by atoms with Gasteiger partial charge >= 0.3 is 0 Å². The van der Waals surface area contributed by atoms with E-state index in [1.807, 2.05) is 79.7 Å². The molecule has 0 radical (unpaired) electrons. The van der Waals surface area contributed by atoms with Gasteiger partial charge < -0.3 is 20.3 Å². The molecule has 8 heteroatoms. The second kappa shape index (κ2) is 10.1. The van der Waals surface area contributed by atoms with Crippen molar-refractivity contribution in [2.45, 2.75) is 6.54 Å². The summed E-state index contributed by atoms with van der Waals surface area (Å²) in [7, 11) is 5.61. The van der Waals surface area contributed by atoms with Crippen molar-refractivity contribution in [3.05, 3.63) is 78.0 Å². The molecule has 0 aliphatic carbocycles. The quantitative estimate of drug-likeness (QED) is 0.412. The summed E-state index contributed by atoms with van der Waals surface area (Å²) in [6, 6.07) is 19.2. The van der Waals surface area contributed by atoms with E-state index in [-0.39, 0.29) is 5.91 Å². The van der Waals surface area contributed by atoms with Gasteiger partial charge in [-0.15, -0.1) is 5.10 Å². The molecule has 0 aliphatic rings. The lowest BCUT2D eigenvalue weighted by Crippen LogP contribution is -2.31. The van der Waals surface area contributed by atoms with Crippen molar-refractivity contribution in [2.75, 3.05) is 39.6 Å². The fourth-order valence-electron chi connectivity index (χ4n) is 3.42. The smallest absolute Gasteiger partial charge is 0.251 e. The summed E-state index contributed by atoms with van der Waals surface area (Å²) in [5.41, 5.74) is 4.16. The van der Waals surface area contributed by atoms with Crippen LogP contribution in [0.4, 0.5) is 5.82 Å². The minimum Gasteiger partial charge on any atom is -0.497 e. The molecule has 0 bridgehead atoms. The lowest BCUT2D eigenvalue weighted by Gasteiger charge is -2.11. The average Bonchev–Trinajstić information content (AvgIpc) is 3.26. The number of methoxy groups -OCH3 is 1. The Hall–Kier alpha value is -3.91. The van der Waals surface area contributed by atoms with Gasteiger partial charge in [0.25, 0.3) is 5.91 Å². The van der Waals surface area contributed by atoms with Crippen molar-refractivity contribution in [1.29, 1.82) is 0 Å². The molecule has 0 saturated heterocycles. The number of nitrogens with one attached hydrogen (secondary N) is 2. The van der Waals surface area contributed by atoms with Gasteiger partial charge in [-0.05, 0) is 56.1 Å². The van der Waals surface area contributed by atoms with Crippen LogP contribution < -0.4 is 15.4 Å². The van der Waals surface area contributed by atoms with E-state index in [9.17, 15) is 4.79 Å². The highest BCUT2D eigenvalue weighted by molar-refractivity contribution is 5.95. The Morgan fingerprint density at radius 1 is 1.09 bits per heavy atom. The van der Waals surface area contributed by atoms with Crippen LogP contribution in [-0.2, 0) is 6.54 Å². The SMILES string of the molecule is COc1ccc(CNc2ccc3ncc(-c4cccc(C(=O)NCCN(C)C)c4)n3n2)cc1. The van der Waals surface area contributed by atoms with E-state index in [4.69, 9.17) is 9.84 Å². The maximum Gasteiger partial charge on any atom is 0.251 e. The van der Waals surface area contributed by atoms with Crippen LogP contribution in [0.15, 0.2) is 66.9 Å². The number of rotatable bonds is 9. The molecular formula is C25H28N6O2. The number of hydrogen-bond acceptors (Lipinski definition) is 6. The molecule has 2 N–H and O–H groups in total. The lowest BCUT2D eigenvalue weighted by molar-refractivity contribution is 0.0951. The molecule has 0 atom stereocenters. The van der Waals surface area contributed by atoms with Crippen molar-refractivity contribution in [3.8, 4) is 17.0 Å². The number of ether oxygens (including phenoxy) is 1. The Bertz CT molecular complexity index is 1230. The first-order chi connectivity index (χ1) is 16.0. The molecule has 2 aromatic carbocycles. The molecule has 4 aromatic rings. The van der Waals surface area contributed by atoms with Gasteiger partial charge in [0.2, 0.25) is 0 Å². The van der Waals surface area contributed by atoms with Gasteiger partial charge in [0, 0.05) is 30.8 Å². The molecule has 170 valence electrons. The molecule has 0 unspecified atom stereocenters. The van der Waals surface area contributed by atoms with Gasteiger partial charge in [-0.1, -0.05) is 24.3 Å². The van der Waals surface area contributed by atoms with Gasteiger partial charge in [0.1, 0.15) is 11.6 Å². The third-order valence-electron chi connectivity index (χ3n) is 5.26. The van der Waals surface area contributed by atoms with E-state index in [0.717, 1.165) is 40.6 Å². The van der Waals surface area contributed by atoms with Crippen molar-refractivity contribution in [1.82, 2.24) is 24.8 Å². The van der Waals surface area contributed by atoms with Gasteiger partial charge in [0.05, 0.1) is 19.0 Å². The maximum absolute atomic E-state index is 12.5. The number of hydrogen-bond donors (Lipinski definition) is 2. The molecule has 0 saturated carbocycles. The Morgan fingerprint density at radius 3 is 2.67 bits per heavy atom. The van der Waals surface area contributed by atoms with E-state index < -0.39 is 0 Å². The predicted molar refractivity (Wildman–Crippen MR) is 130 cm³/mol. The summed E-state index contributed by atoms with van der Waals surface area (Å²) in [5.74, 6) is 1.47. The summed E-state index contributed by atoms with van der Waals surface area (Å²) in [6.07, 6.45) is 1.78. The minimum atomic E-state index is -0.0951. The molecule has 2 aromatic heterocycles. The fraction of sp³-hybridized carbons (Fsp3) is 0.240. The molecule has 0 aliphatic heterocycles. The summed E-state index contributed by atoms with van der Waals surface area (Å²) in [5, 5.41) is 11.0. The third-order valence-corrected chi connectivity index (χ3v) is 5.26. The number of fused-ring (bicyclic) bond motifs is 1. The zero-order valence-corrected chi connectivity index (χ0v) is 19.1. The van der Waals surface area contributed by atoms with Crippen molar-refractivity contribution in [2.24, 2.45) is 0 Å². The highest BCUT2D eigenvalue weighted by Gasteiger charge is 2.11. The highest BCUT2D eigenvalue weighted by Crippen LogP contribution is 2.22. The molecule has 4 rings (SSSR count). The molecule has 33 heavy (non-hydrogen) atoms. The number of nitrogens with zero attached hydrogens (tertiary/aromatic N) is 4. The normalized spacial score (nSPS) is 11.0. The number of benzene rings is 2.